The Morgan fingerprint density at radius 1 is 1.19 bits per heavy atom. The number of aryl methyl sites for hydroxylation is 1. The second kappa shape index (κ2) is 9.96. The number of hydrogen-bond donors (Lipinski definition) is 1. The number of anilines is 2. The number of carbonyl (C=O) groups excluding carboxylic acids is 1. The lowest BCUT2D eigenvalue weighted by Gasteiger charge is -2.32. The zero-order valence-corrected chi connectivity index (χ0v) is 20.1. The Balaban J connectivity index is 1.70. The van der Waals surface area contributed by atoms with Gasteiger partial charge in [0.25, 0.3) is 0 Å². The Morgan fingerprint density at radius 2 is 1.91 bits per heavy atom. The van der Waals surface area contributed by atoms with Gasteiger partial charge >= 0.3 is 0 Å². The van der Waals surface area contributed by atoms with Gasteiger partial charge in [-0.2, -0.15) is 4.98 Å². The van der Waals surface area contributed by atoms with Crippen LogP contribution >= 0.6 is 11.3 Å². The van der Waals surface area contributed by atoms with Crippen LogP contribution in [0.25, 0.3) is 10.2 Å². The first kappa shape index (κ1) is 22.7. The Hall–Kier alpha value is -2.51. The fourth-order valence-electron chi connectivity index (χ4n) is 4.59. The van der Waals surface area contributed by atoms with E-state index in [4.69, 9.17) is 14.7 Å². The summed E-state index contributed by atoms with van der Waals surface area (Å²) in [5, 5.41) is 4.29. The standard InChI is InChI=1S/C25H32N4O2S/c1-16(14-15-30)21-17(2)32-24-22(21)23(31-20-12-10-19(11-13-20)29(3)4)27-25(28-24)26-18-8-6-5-7-9-18/h5-9,15-16,19-20H,10-14H2,1-4H3,(H,26,27,28). The van der Waals surface area contributed by atoms with Gasteiger partial charge < -0.3 is 19.7 Å². The normalized spacial score (nSPS) is 19.8. The lowest BCUT2D eigenvalue weighted by Crippen LogP contribution is -2.35. The first-order valence-corrected chi connectivity index (χ1v) is 12.2. The number of aldehydes is 1. The summed E-state index contributed by atoms with van der Waals surface area (Å²) < 4.78 is 6.57. The fraction of sp³-hybridized carbons (Fsp3) is 0.480. The van der Waals surface area contributed by atoms with Crippen molar-refractivity contribution in [2.75, 3.05) is 19.4 Å². The number of fused-ring (bicyclic) bond motifs is 1. The highest BCUT2D eigenvalue weighted by Crippen LogP contribution is 2.42. The van der Waals surface area contributed by atoms with Gasteiger partial charge in [-0.25, -0.2) is 4.98 Å². The molecule has 0 aliphatic heterocycles. The summed E-state index contributed by atoms with van der Waals surface area (Å²) in [5.74, 6) is 1.28. The van der Waals surface area contributed by atoms with Crippen LogP contribution in [0.2, 0.25) is 0 Å². The molecule has 3 aromatic rings. The number of ether oxygens (including phenoxy) is 1. The minimum absolute atomic E-state index is 0.101. The molecule has 0 saturated heterocycles. The van der Waals surface area contributed by atoms with Crippen LogP contribution in [0.3, 0.4) is 0 Å². The molecule has 1 aliphatic carbocycles. The third kappa shape index (κ3) is 4.94. The van der Waals surface area contributed by atoms with Gasteiger partial charge in [0.2, 0.25) is 11.8 Å². The zero-order valence-electron chi connectivity index (χ0n) is 19.3. The molecule has 0 amide bonds. The van der Waals surface area contributed by atoms with Crippen molar-refractivity contribution in [1.82, 2.24) is 14.9 Å². The lowest BCUT2D eigenvalue weighted by molar-refractivity contribution is -0.108. The van der Waals surface area contributed by atoms with Gasteiger partial charge in [0.15, 0.2) is 0 Å². The summed E-state index contributed by atoms with van der Waals surface area (Å²) in [5.41, 5.74) is 2.08. The number of carbonyl (C=O) groups is 1. The molecule has 2 heterocycles. The Morgan fingerprint density at radius 3 is 2.56 bits per heavy atom. The quantitative estimate of drug-likeness (QED) is 0.443. The van der Waals surface area contributed by atoms with Gasteiger partial charge in [-0.3, -0.25) is 0 Å². The van der Waals surface area contributed by atoms with Gasteiger partial charge in [-0.05, 0) is 70.3 Å². The molecule has 0 radical (unpaired) electrons. The van der Waals surface area contributed by atoms with Crippen molar-refractivity contribution >= 4 is 39.5 Å². The smallest absolute Gasteiger partial charge is 0.231 e. The van der Waals surface area contributed by atoms with Crippen molar-refractivity contribution < 1.29 is 9.53 Å². The fourth-order valence-corrected chi connectivity index (χ4v) is 5.72. The molecule has 1 N–H and O–H groups in total. The Kier molecular flexibility index (Phi) is 7.06. The maximum absolute atomic E-state index is 11.2. The maximum atomic E-state index is 11.2. The van der Waals surface area contributed by atoms with E-state index in [9.17, 15) is 4.79 Å². The molecule has 2 aromatic heterocycles. The SMILES string of the molecule is Cc1sc2nc(Nc3ccccc3)nc(OC3CCC(N(C)C)CC3)c2c1C(C)CC=O. The summed E-state index contributed by atoms with van der Waals surface area (Å²) in [4.78, 5) is 25.2. The molecule has 6 nitrogen and oxygen atoms in total. The van der Waals surface area contributed by atoms with E-state index in [-0.39, 0.29) is 12.0 Å². The monoisotopic (exact) mass is 452 g/mol. The van der Waals surface area contributed by atoms with Gasteiger partial charge in [0.05, 0.1) is 5.39 Å². The molecule has 32 heavy (non-hydrogen) atoms. The van der Waals surface area contributed by atoms with Crippen LogP contribution in [-0.4, -0.2) is 47.4 Å². The van der Waals surface area contributed by atoms with E-state index in [1.165, 1.54) is 4.88 Å². The molecule has 0 bridgehead atoms. The third-order valence-electron chi connectivity index (χ3n) is 6.37. The highest BCUT2D eigenvalue weighted by atomic mass is 32.1. The van der Waals surface area contributed by atoms with E-state index in [0.29, 0.717) is 24.3 Å². The zero-order chi connectivity index (χ0) is 22.7. The van der Waals surface area contributed by atoms with Crippen LogP contribution in [0.1, 0.15) is 55.4 Å². The molecule has 7 heteroatoms. The predicted molar refractivity (Wildman–Crippen MR) is 131 cm³/mol. The molecular formula is C25H32N4O2S. The number of para-hydroxylation sites is 1. The average molecular weight is 453 g/mol. The second-order valence-corrected chi connectivity index (χ2v) is 10.1. The van der Waals surface area contributed by atoms with Crippen LogP contribution < -0.4 is 10.1 Å². The van der Waals surface area contributed by atoms with Crippen molar-refractivity contribution in [2.24, 2.45) is 0 Å². The minimum Gasteiger partial charge on any atom is -0.474 e. The molecule has 1 atom stereocenters. The highest BCUT2D eigenvalue weighted by molar-refractivity contribution is 7.18. The molecular weight excluding hydrogens is 420 g/mol. The Bertz CT molecular complexity index is 1060. The lowest BCUT2D eigenvalue weighted by atomic mass is 9.92. The van der Waals surface area contributed by atoms with Crippen molar-refractivity contribution in [3.05, 3.63) is 40.8 Å². The summed E-state index contributed by atoms with van der Waals surface area (Å²) in [7, 11) is 4.30. The van der Waals surface area contributed by atoms with Gasteiger partial charge in [-0.15, -0.1) is 11.3 Å². The van der Waals surface area contributed by atoms with E-state index < -0.39 is 0 Å². The maximum Gasteiger partial charge on any atom is 0.231 e. The first-order valence-electron chi connectivity index (χ1n) is 11.4. The van der Waals surface area contributed by atoms with Gasteiger partial charge in [0.1, 0.15) is 17.2 Å². The minimum atomic E-state index is 0.101. The largest absolute Gasteiger partial charge is 0.474 e. The number of aromatic nitrogens is 2. The summed E-state index contributed by atoms with van der Waals surface area (Å²) >= 11 is 1.64. The van der Waals surface area contributed by atoms with E-state index >= 15 is 0 Å². The number of thiophene rings is 1. The average Bonchev–Trinajstić information content (AvgIpc) is 3.11. The molecule has 1 saturated carbocycles. The number of benzene rings is 1. The van der Waals surface area contributed by atoms with Crippen LogP contribution in [0.4, 0.5) is 11.6 Å². The topological polar surface area (TPSA) is 67.4 Å². The molecule has 1 aliphatic rings. The first-order chi connectivity index (χ1) is 15.5. The molecule has 1 unspecified atom stereocenters. The Labute approximate surface area is 194 Å². The van der Waals surface area contributed by atoms with E-state index in [1.54, 1.807) is 11.3 Å². The summed E-state index contributed by atoms with van der Waals surface area (Å²) in [6.07, 6.45) is 5.88. The highest BCUT2D eigenvalue weighted by Gasteiger charge is 2.27. The van der Waals surface area contributed by atoms with E-state index in [1.807, 2.05) is 30.3 Å². The summed E-state index contributed by atoms with van der Waals surface area (Å²) in [6.45, 7) is 4.18. The third-order valence-corrected chi connectivity index (χ3v) is 7.38. The predicted octanol–water partition coefficient (Wildman–Crippen LogP) is 5.69. The number of hydrogen-bond acceptors (Lipinski definition) is 7. The molecule has 4 rings (SSSR count). The van der Waals surface area contributed by atoms with Crippen molar-refractivity contribution in [2.45, 2.75) is 64.0 Å². The van der Waals surface area contributed by atoms with Crippen molar-refractivity contribution in [3.63, 3.8) is 0 Å². The van der Waals surface area contributed by atoms with Crippen LogP contribution in [-0.2, 0) is 4.79 Å². The molecule has 1 fully saturated rings. The molecule has 0 spiro atoms. The van der Waals surface area contributed by atoms with Crippen LogP contribution in [0, 0.1) is 6.92 Å². The van der Waals surface area contributed by atoms with E-state index in [0.717, 1.165) is 53.4 Å². The molecule has 1 aromatic carbocycles. The van der Waals surface area contributed by atoms with E-state index in [2.05, 4.69) is 38.2 Å². The number of nitrogens with one attached hydrogen (secondary N) is 1. The van der Waals surface area contributed by atoms with Crippen molar-refractivity contribution in [1.29, 1.82) is 0 Å². The van der Waals surface area contributed by atoms with Gasteiger partial charge in [0, 0.05) is 23.0 Å². The van der Waals surface area contributed by atoms with Crippen LogP contribution in [0.5, 0.6) is 5.88 Å². The second-order valence-electron chi connectivity index (χ2n) is 8.91. The number of rotatable bonds is 8. The molecule has 170 valence electrons. The van der Waals surface area contributed by atoms with Gasteiger partial charge in [-0.1, -0.05) is 25.1 Å². The van der Waals surface area contributed by atoms with Crippen molar-refractivity contribution in [3.8, 4) is 5.88 Å². The number of nitrogens with zero attached hydrogens (tertiary/aromatic N) is 3. The van der Waals surface area contributed by atoms with Crippen LogP contribution in [0.15, 0.2) is 30.3 Å². The summed E-state index contributed by atoms with van der Waals surface area (Å²) in [6, 6.07) is 10.5.